The molecule has 0 saturated heterocycles. The zero-order chi connectivity index (χ0) is 12.3. The Hall–Kier alpha value is -1.69. The van der Waals surface area contributed by atoms with E-state index in [4.69, 9.17) is 10.8 Å². The van der Waals surface area contributed by atoms with E-state index < -0.39 is 23.2 Å². The first-order valence-electron chi connectivity index (χ1n) is 4.64. The Morgan fingerprint density at radius 1 is 1.50 bits per heavy atom. The fourth-order valence-electron chi connectivity index (χ4n) is 1.15. The predicted molar refractivity (Wildman–Crippen MR) is 55.5 cm³/mol. The molecule has 0 aliphatic carbocycles. The molecule has 0 radical (unpaired) electrons. The van der Waals surface area contributed by atoms with Crippen molar-refractivity contribution in [3.8, 4) is 0 Å². The minimum atomic E-state index is -1.44. The summed E-state index contributed by atoms with van der Waals surface area (Å²) in [5.41, 5.74) is 4.67. The average Bonchev–Trinajstić information content (AvgIpc) is 2.21. The van der Waals surface area contributed by atoms with Gasteiger partial charge in [0, 0.05) is 18.7 Å². The molecule has 88 valence electrons. The molecule has 1 rings (SSSR count). The lowest BCUT2D eigenvalue weighted by molar-refractivity contribution is 0.0692. The van der Waals surface area contributed by atoms with Crippen LogP contribution < -0.4 is 11.1 Å². The number of carboxylic acid groups (broad SMARTS) is 1. The second-order valence-corrected chi connectivity index (χ2v) is 3.40. The number of hydrogen-bond donors (Lipinski definition) is 3. The van der Waals surface area contributed by atoms with Gasteiger partial charge in [-0.05, 0) is 13.0 Å². The molecular formula is C10H12F2N2O2. The van der Waals surface area contributed by atoms with E-state index in [1.165, 1.54) is 0 Å². The maximum Gasteiger partial charge on any atom is 0.338 e. The van der Waals surface area contributed by atoms with E-state index in [0.29, 0.717) is 6.07 Å². The maximum absolute atomic E-state index is 13.3. The van der Waals surface area contributed by atoms with Gasteiger partial charge in [-0.15, -0.1) is 0 Å². The van der Waals surface area contributed by atoms with E-state index >= 15 is 0 Å². The molecule has 0 aliphatic heterocycles. The summed E-state index contributed by atoms with van der Waals surface area (Å²) < 4.78 is 26.3. The fourth-order valence-corrected chi connectivity index (χ4v) is 1.15. The summed E-state index contributed by atoms with van der Waals surface area (Å²) in [7, 11) is 0. The minimum absolute atomic E-state index is 0.0725. The smallest absolute Gasteiger partial charge is 0.338 e. The molecule has 0 aliphatic rings. The van der Waals surface area contributed by atoms with Gasteiger partial charge in [-0.25, -0.2) is 13.6 Å². The lowest BCUT2D eigenvalue weighted by Gasteiger charge is -2.14. The quantitative estimate of drug-likeness (QED) is 0.731. The normalized spacial score (nSPS) is 12.2. The molecule has 0 saturated carbocycles. The van der Waals surface area contributed by atoms with E-state index in [1.54, 1.807) is 6.92 Å². The Balaban J connectivity index is 3.09. The second-order valence-electron chi connectivity index (χ2n) is 3.40. The number of nitrogens with one attached hydrogen (secondary N) is 1. The molecule has 0 fully saturated rings. The number of carboxylic acids is 1. The third kappa shape index (κ3) is 2.66. The van der Waals surface area contributed by atoms with Gasteiger partial charge >= 0.3 is 5.97 Å². The fraction of sp³-hybridized carbons (Fsp3) is 0.300. The van der Waals surface area contributed by atoms with Crippen molar-refractivity contribution in [1.82, 2.24) is 0 Å². The Bertz CT molecular complexity index is 410. The summed E-state index contributed by atoms with van der Waals surface area (Å²) in [4.78, 5) is 10.6. The van der Waals surface area contributed by atoms with E-state index in [0.717, 1.165) is 6.07 Å². The third-order valence-electron chi connectivity index (χ3n) is 2.04. The van der Waals surface area contributed by atoms with Crippen molar-refractivity contribution in [2.75, 3.05) is 11.9 Å². The van der Waals surface area contributed by atoms with E-state index in [1.807, 2.05) is 0 Å². The molecule has 0 spiro atoms. The summed E-state index contributed by atoms with van der Waals surface area (Å²) >= 11 is 0. The molecule has 1 atom stereocenters. The third-order valence-corrected chi connectivity index (χ3v) is 2.04. The van der Waals surface area contributed by atoms with Crippen LogP contribution in [-0.2, 0) is 0 Å². The molecule has 16 heavy (non-hydrogen) atoms. The van der Waals surface area contributed by atoms with Crippen LogP contribution in [0.3, 0.4) is 0 Å². The van der Waals surface area contributed by atoms with Gasteiger partial charge in [0.25, 0.3) is 0 Å². The summed E-state index contributed by atoms with van der Waals surface area (Å²) in [6.07, 6.45) is 0. The van der Waals surface area contributed by atoms with E-state index in [2.05, 4.69) is 5.32 Å². The van der Waals surface area contributed by atoms with Gasteiger partial charge in [-0.3, -0.25) is 0 Å². The lowest BCUT2D eigenvalue weighted by Crippen LogP contribution is -2.25. The topological polar surface area (TPSA) is 75.3 Å². The molecule has 4 N–H and O–H groups in total. The molecule has 0 heterocycles. The number of aromatic carboxylic acids is 1. The lowest BCUT2D eigenvalue weighted by atomic mass is 10.1. The van der Waals surface area contributed by atoms with Gasteiger partial charge in [-0.2, -0.15) is 0 Å². The van der Waals surface area contributed by atoms with E-state index in [-0.39, 0.29) is 18.3 Å². The SMILES string of the molecule is CC(CN)Nc1cc(C(=O)O)c(F)cc1F. The van der Waals surface area contributed by atoms with Crippen LogP contribution in [0.25, 0.3) is 0 Å². The Morgan fingerprint density at radius 3 is 2.62 bits per heavy atom. The van der Waals surface area contributed by atoms with Gasteiger partial charge in [0.1, 0.15) is 11.6 Å². The van der Waals surface area contributed by atoms with Crippen LogP contribution in [0.4, 0.5) is 14.5 Å². The first-order valence-corrected chi connectivity index (χ1v) is 4.64. The number of carbonyl (C=O) groups is 1. The molecule has 1 unspecified atom stereocenters. The van der Waals surface area contributed by atoms with Crippen molar-refractivity contribution in [2.24, 2.45) is 5.73 Å². The monoisotopic (exact) mass is 230 g/mol. The van der Waals surface area contributed by atoms with Crippen LogP contribution in [0.1, 0.15) is 17.3 Å². The number of nitrogens with two attached hydrogens (primary N) is 1. The van der Waals surface area contributed by atoms with E-state index in [9.17, 15) is 13.6 Å². The largest absolute Gasteiger partial charge is 0.478 e. The number of rotatable bonds is 4. The summed E-state index contributed by atoms with van der Waals surface area (Å²) in [5.74, 6) is -3.39. The molecule has 0 bridgehead atoms. The summed E-state index contributed by atoms with van der Waals surface area (Å²) in [6.45, 7) is 1.95. The summed E-state index contributed by atoms with van der Waals surface area (Å²) in [6, 6.07) is 1.22. The van der Waals surface area contributed by atoms with Crippen LogP contribution in [0.15, 0.2) is 12.1 Å². The molecule has 1 aromatic rings. The molecular weight excluding hydrogens is 218 g/mol. The Morgan fingerprint density at radius 2 is 2.12 bits per heavy atom. The zero-order valence-electron chi connectivity index (χ0n) is 8.63. The number of hydrogen-bond acceptors (Lipinski definition) is 3. The van der Waals surface area contributed by atoms with Gasteiger partial charge in [0.05, 0.1) is 11.3 Å². The van der Waals surface area contributed by atoms with Crippen LogP contribution in [0.5, 0.6) is 0 Å². The van der Waals surface area contributed by atoms with Gasteiger partial charge in [0.2, 0.25) is 0 Å². The van der Waals surface area contributed by atoms with Crippen molar-refractivity contribution >= 4 is 11.7 Å². The highest BCUT2D eigenvalue weighted by Crippen LogP contribution is 2.20. The highest BCUT2D eigenvalue weighted by atomic mass is 19.1. The predicted octanol–water partition coefficient (Wildman–Crippen LogP) is 1.42. The van der Waals surface area contributed by atoms with Crippen molar-refractivity contribution < 1.29 is 18.7 Å². The number of anilines is 1. The van der Waals surface area contributed by atoms with Crippen LogP contribution in [-0.4, -0.2) is 23.7 Å². The van der Waals surface area contributed by atoms with Crippen LogP contribution >= 0.6 is 0 Å². The molecule has 0 aromatic heterocycles. The number of halogens is 2. The van der Waals surface area contributed by atoms with Crippen molar-refractivity contribution in [3.05, 3.63) is 29.3 Å². The maximum atomic E-state index is 13.3. The van der Waals surface area contributed by atoms with Gasteiger partial charge < -0.3 is 16.2 Å². The van der Waals surface area contributed by atoms with Gasteiger partial charge in [0.15, 0.2) is 0 Å². The minimum Gasteiger partial charge on any atom is -0.478 e. The first kappa shape index (κ1) is 12.4. The molecule has 1 aromatic carbocycles. The standard InChI is InChI=1S/C10H12F2N2O2/c1-5(4-13)14-9-2-6(10(15)16)7(11)3-8(9)12/h2-3,5,14H,4,13H2,1H3,(H,15,16). The van der Waals surface area contributed by atoms with Crippen LogP contribution in [0, 0.1) is 11.6 Å². The number of benzene rings is 1. The average molecular weight is 230 g/mol. The highest BCUT2D eigenvalue weighted by Gasteiger charge is 2.15. The Labute approximate surface area is 91.1 Å². The first-order chi connectivity index (χ1) is 7.45. The van der Waals surface area contributed by atoms with Crippen LogP contribution in [0.2, 0.25) is 0 Å². The second kappa shape index (κ2) is 4.89. The molecule has 4 nitrogen and oxygen atoms in total. The molecule has 6 heteroatoms. The molecule has 0 amide bonds. The highest BCUT2D eigenvalue weighted by molar-refractivity contribution is 5.89. The van der Waals surface area contributed by atoms with Gasteiger partial charge in [-0.1, -0.05) is 0 Å². The Kier molecular flexibility index (Phi) is 3.78. The zero-order valence-corrected chi connectivity index (χ0v) is 8.63. The van der Waals surface area contributed by atoms with Crippen molar-refractivity contribution in [2.45, 2.75) is 13.0 Å². The van der Waals surface area contributed by atoms with Crippen molar-refractivity contribution in [3.63, 3.8) is 0 Å². The summed E-state index contributed by atoms with van der Waals surface area (Å²) in [5, 5.41) is 11.3. The van der Waals surface area contributed by atoms with Crippen molar-refractivity contribution in [1.29, 1.82) is 0 Å².